The number of hydrogen-bond acceptors (Lipinski definition) is 3. The number of ether oxygens (including phenoxy) is 2. The highest BCUT2D eigenvalue weighted by atomic mass is 16.5. The van der Waals surface area contributed by atoms with Gasteiger partial charge in [-0.2, -0.15) is 0 Å². The number of aromatic nitrogens is 1. The zero-order chi connectivity index (χ0) is 14.4. The van der Waals surface area contributed by atoms with E-state index < -0.39 is 0 Å². The summed E-state index contributed by atoms with van der Waals surface area (Å²) >= 11 is 0. The van der Waals surface area contributed by atoms with Gasteiger partial charge >= 0.3 is 0 Å². The van der Waals surface area contributed by atoms with Gasteiger partial charge in [0.25, 0.3) is 5.56 Å². The molecule has 4 heteroatoms. The lowest BCUT2D eigenvalue weighted by atomic mass is 10.3. The van der Waals surface area contributed by atoms with Crippen LogP contribution in [0.5, 0.6) is 11.5 Å². The molecule has 2 rings (SSSR count). The number of rotatable bonds is 6. The molecule has 0 amide bonds. The molecule has 0 atom stereocenters. The zero-order valence-electron chi connectivity index (χ0n) is 11.8. The lowest BCUT2D eigenvalue weighted by Crippen LogP contribution is -2.24. The lowest BCUT2D eigenvalue weighted by molar-refractivity contribution is 0.265. The van der Waals surface area contributed by atoms with Gasteiger partial charge in [0.05, 0.1) is 13.2 Å². The van der Waals surface area contributed by atoms with Crippen LogP contribution in [0, 0.1) is 6.92 Å². The number of aryl methyl sites for hydroxylation is 1. The Balaban J connectivity index is 1.99. The van der Waals surface area contributed by atoms with Gasteiger partial charge in [-0.05, 0) is 32.0 Å². The predicted octanol–water partition coefficient (Wildman–Crippen LogP) is 2.63. The van der Waals surface area contributed by atoms with E-state index in [1.165, 1.54) is 0 Å². The summed E-state index contributed by atoms with van der Waals surface area (Å²) < 4.78 is 12.8. The first-order valence-corrected chi connectivity index (χ1v) is 6.73. The molecule has 0 aliphatic heterocycles. The second-order valence-corrected chi connectivity index (χ2v) is 4.42. The van der Waals surface area contributed by atoms with Crippen molar-refractivity contribution in [3.05, 3.63) is 58.5 Å². The lowest BCUT2D eigenvalue weighted by Gasteiger charge is -2.12. The normalized spacial score (nSPS) is 10.3. The molecular formula is C16H19NO3. The fraction of sp³-hybridized carbons (Fsp3) is 0.312. The van der Waals surface area contributed by atoms with E-state index in [4.69, 9.17) is 9.47 Å². The van der Waals surface area contributed by atoms with E-state index in [0.29, 0.717) is 25.5 Å². The first-order chi connectivity index (χ1) is 9.72. The minimum atomic E-state index is 0.0224. The molecule has 0 saturated heterocycles. The Hall–Kier alpha value is -2.23. The topological polar surface area (TPSA) is 40.5 Å². The Labute approximate surface area is 118 Å². The van der Waals surface area contributed by atoms with E-state index in [0.717, 1.165) is 11.3 Å². The van der Waals surface area contributed by atoms with Gasteiger partial charge in [0, 0.05) is 11.8 Å². The summed E-state index contributed by atoms with van der Waals surface area (Å²) in [6.45, 7) is 5.28. The van der Waals surface area contributed by atoms with Gasteiger partial charge in [0.1, 0.15) is 6.61 Å². The van der Waals surface area contributed by atoms with Crippen LogP contribution in [0.3, 0.4) is 0 Å². The third kappa shape index (κ3) is 3.41. The SMILES string of the molecule is CCOc1ccccc1OCCn1cccc(C)c1=O. The van der Waals surface area contributed by atoms with Gasteiger partial charge in [0.15, 0.2) is 11.5 Å². The van der Waals surface area contributed by atoms with E-state index in [9.17, 15) is 4.79 Å². The molecule has 0 aliphatic carbocycles. The Bertz CT molecular complexity index is 619. The molecule has 1 aromatic carbocycles. The van der Waals surface area contributed by atoms with Crippen molar-refractivity contribution in [2.45, 2.75) is 20.4 Å². The zero-order valence-corrected chi connectivity index (χ0v) is 11.8. The minimum Gasteiger partial charge on any atom is -0.490 e. The van der Waals surface area contributed by atoms with Gasteiger partial charge in [-0.1, -0.05) is 18.2 Å². The van der Waals surface area contributed by atoms with Crippen LogP contribution in [-0.2, 0) is 6.54 Å². The van der Waals surface area contributed by atoms with Crippen LogP contribution in [0.1, 0.15) is 12.5 Å². The largest absolute Gasteiger partial charge is 0.490 e. The second-order valence-electron chi connectivity index (χ2n) is 4.42. The molecular weight excluding hydrogens is 254 g/mol. The van der Waals surface area contributed by atoms with Crippen molar-refractivity contribution in [1.82, 2.24) is 4.57 Å². The van der Waals surface area contributed by atoms with Crippen molar-refractivity contribution < 1.29 is 9.47 Å². The Morgan fingerprint density at radius 3 is 2.45 bits per heavy atom. The quantitative estimate of drug-likeness (QED) is 0.812. The Kier molecular flexibility index (Phi) is 4.82. The fourth-order valence-electron chi connectivity index (χ4n) is 1.93. The summed E-state index contributed by atoms with van der Waals surface area (Å²) in [6.07, 6.45) is 1.77. The summed E-state index contributed by atoms with van der Waals surface area (Å²) in [5.41, 5.74) is 0.761. The molecule has 106 valence electrons. The number of para-hydroxylation sites is 2. The van der Waals surface area contributed by atoms with Crippen molar-refractivity contribution in [1.29, 1.82) is 0 Å². The maximum atomic E-state index is 11.9. The first kappa shape index (κ1) is 14.2. The molecule has 0 saturated carbocycles. The smallest absolute Gasteiger partial charge is 0.253 e. The van der Waals surface area contributed by atoms with Crippen LogP contribution in [0.4, 0.5) is 0 Å². The van der Waals surface area contributed by atoms with Gasteiger partial charge in [-0.25, -0.2) is 0 Å². The molecule has 20 heavy (non-hydrogen) atoms. The van der Waals surface area contributed by atoms with Gasteiger partial charge in [-0.3, -0.25) is 4.79 Å². The molecule has 0 N–H and O–H groups in total. The molecule has 0 fully saturated rings. The second kappa shape index (κ2) is 6.80. The summed E-state index contributed by atoms with van der Waals surface area (Å²) in [7, 11) is 0. The number of nitrogens with zero attached hydrogens (tertiary/aromatic N) is 1. The van der Waals surface area contributed by atoms with Crippen molar-refractivity contribution >= 4 is 0 Å². The maximum absolute atomic E-state index is 11.9. The van der Waals surface area contributed by atoms with Crippen LogP contribution in [-0.4, -0.2) is 17.8 Å². The summed E-state index contributed by atoms with van der Waals surface area (Å²) in [4.78, 5) is 11.9. The molecule has 4 nitrogen and oxygen atoms in total. The third-order valence-corrected chi connectivity index (χ3v) is 2.95. The highest BCUT2D eigenvalue weighted by molar-refractivity contribution is 5.39. The third-order valence-electron chi connectivity index (χ3n) is 2.95. The summed E-state index contributed by atoms with van der Waals surface area (Å²) in [5.74, 6) is 1.43. The van der Waals surface area contributed by atoms with Crippen LogP contribution >= 0.6 is 0 Å². The Morgan fingerprint density at radius 1 is 1.05 bits per heavy atom. The molecule has 0 radical (unpaired) electrons. The average molecular weight is 273 g/mol. The van der Waals surface area contributed by atoms with Gasteiger partial charge < -0.3 is 14.0 Å². The number of pyridine rings is 1. The number of benzene rings is 1. The van der Waals surface area contributed by atoms with Crippen LogP contribution in [0.15, 0.2) is 47.4 Å². The van der Waals surface area contributed by atoms with Crippen molar-refractivity contribution in [3.8, 4) is 11.5 Å². The highest BCUT2D eigenvalue weighted by Gasteiger charge is 2.04. The summed E-state index contributed by atoms with van der Waals surface area (Å²) in [5, 5.41) is 0. The van der Waals surface area contributed by atoms with Crippen LogP contribution < -0.4 is 15.0 Å². The van der Waals surface area contributed by atoms with Crippen molar-refractivity contribution in [2.75, 3.05) is 13.2 Å². The van der Waals surface area contributed by atoms with E-state index >= 15 is 0 Å². The number of hydrogen-bond donors (Lipinski definition) is 0. The standard InChI is InChI=1S/C16H19NO3/c1-3-19-14-8-4-5-9-15(14)20-12-11-17-10-6-7-13(2)16(17)18/h4-10H,3,11-12H2,1-2H3. The molecule has 2 aromatic rings. The molecule has 0 unspecified atom stereocenters. The van der Waals surface area contributed by atoms with Crippen molar-refractivity contribution in [2.24, 2.45) is 0 Å². The minimum absolute atomic E-state index is 0.0224. The summed E-state index contributed by atoms with van der Waals surface area (Å²) in [6, 6.07) is 11.2. The monoisotopic (exact) mass is 273 g/mol. The molecule has 1 heterocycles. The predicted molar refractivity (Wildman–Crippen MR) is 78.5 cm³/mol. The Morgan fingerprint density at radius 2 is 1.75 bits per heavy atom. The fourth-order valence-corrected chi connectivity index (χ4v) is 1.93. The van der Waals surface area contributed by atoms with Crippen molar-refractivity contribution in [3.63, 3.8) is 0 Å². The molecule has 0 aliphatic rings. The van der Waals surface area contributed by atoms with Crippen LogP contribution in [0.25, 0.3) is 0 Å². The van der Waals surface area contributed by atoms with E-state index in [-0.39, 0.29) is 5.56 Å². The molecule has 0 bridgehead atoms. The maximum Gasteiger partial charge on any atom is 0.253 e. The van der Waals surface area contributed by atoms with Gasteiger partial charge in [0.2, 0.25) is 0 Å². The van der Waals surface area contributed by atoms with E-state index in [1.807, 2.05) is 50.2 Å². The first-order valence-electron chi connectivity index (χ1n) is 6.73. The van der Waals surface area contributed by atoms with Crippen LogP contribution in [0.2, 0.25) is 0 Å². The molecule has 0 spiro atoms. The van der Waals surface area contributed by atoms with E-state index in [2.05, 4.69) is 0 Å². The molecule has 1 aromatic heterocycles. The van der Waals surface area contributed by atoms with Gasteiger partial charge in [-0.15, -0.1) is 0 Å². The van der Waals surface area contributed by atoms with E-state index in [1.54, 1.807) is 10.8 Å². The highest BCUT2D eigenvalue weighted by Crippen LogP contribution is 2.26. The average Bonchev–Trinajstić information content (AvgIpc) is 2.45.